The highest BCUT2D eigenvalue weighted by molar-refractivity contribution is 7.80. The number of thiocarbonyl (C=S) groups is 1. The number of rotatable bonds is 3. The largest absolute Gasteiger partial charge is 0.389 e. The van der Waals surface area contributed by atoms with Crippen LogP contribution in [0.1, 0.15) is 26.3 Å². The lowest BCUT2D eigenvalue weighted by molar-refractivity contribution is 0.442. The van der Waals surface area contributed by atoms with Crippen LogP contribution < -0.4 is 11.1 Å². The average Bonchev–Trinajstić information content (AvgIpc) is 2.14. The Hall–Kier alpha value is -1.16. The van der Waals surface area contributed by atoms with Crippen LogP contribution in [0.2, 0.25) is 0 Å². The van der Waals surface area contributed by atoms with E-state index in [9.17, 15) is 0 Å². The van der Waals surface area contributed by atoms with Crippen LogP contribution in [0.3, 0.4) is 0 Å². The minimum atomic E-state index is 0.240. The second-order valence-electron chi connectivity index (χ2n) is 4.71. The van der Waals surface area contributed by atoms with E-state index in [1.54, 1.807) is 6.20 Å². The van der Waals surface area contributed by atoms with Crippen molar-refractivity contribution in [3.63, 3.8) is 0 Å². The van der Waals surface area contributed by atoms with Gasteiger partial charge in [0.15, 0.2) is 0 Å². The van der Waals surface area contributed by atoms with Gasteiger partial charge in [-0.05, 0) is 17.5 Å². The quantitative estimate of drug-likeness (QED) is 0.771. The molecule has 0 saturated carbocycles. The molecule has 0 aliphatic heterocycles. The van der Waals surface area contributed by atoms with Crippen LogP contribution in [-0.4, -0.2) is 16.5 Å². The van der Waals surface area contributed by atoms with Gasteiger partial charge in [0.05, 0.1) is 0 Å². The molecule has 0 aliphatic rings. The maximum atomic E-state index is 5.48. The monoisotopic (exact) mass is 223 g/mol. The van der Waals surface area contributed by atoms with Gasteiger partial charge in [-0.2, -0.15) is 0 Å². The van der Waals surface area contributed by atoms with Crippen molar-refractivity contribution < 1.29 is 0 Å². The van der Waals surface area contributed by atoms with Gasteiger partial charge in [0.1, 0.15) is 10.8 Å². The third kappa shape index (κ3) is 4.25. The summed E-state index contributed by atoms with van der Waals surface area (Å²) in [5.41, 5.74) is 6.52. The Kier molecular flexibility index (Phi) is 3.63. The first-order valence-corrected chi connectivity index (χ1v) is 5.29. The average molecular weight is 223 g/mol. The topological polar surface area (TPSA) is 50.9 Å². The first kappa shape index (κ1) is 11.9. The fourth-order valence-corrected chi connectivity index (χ4v) is 1.12. The van der Waals surface area contributed by atoms with Crippen LogP contribution in [0.25, 0.3) is 0 Å². The van der Waals surface area contributed by atoms with E-state index in [0.717, 1.165) is 17.9 Å². The first-order valence-electron chi connectivity index (χ1n) is 4.88. The van der Waals surface area contributed by atoms with Gasteiger partial charge in [0.25, 0.3) is 0 Å². The Labute approximate surface area is 96.1 Å². The van der Waals surface area contributed by atoms with E-state index < -0.39 is 0 Å². The van der Waals surface area contributed by atoms with Crippen molar-refractivity contribution in [3.05, 3.63) is 23.9 Å². The Morgan fingerprint density at radius 3 is 2.53 bits per heavy atom. The molecule has 1 heterocycles. The van der Waals surface area contributed by atoms with Crippen LogP contribution >= 0.6 is 12.2 Å². The number of nitrogens with one attached hydrogen (secondary N) is 1. The molecule has 3 N–H and O–H groups in total. The first-order chi connectivity index (χ1) is 6.88. The molecule has 1 aromatic rings. The Morgan fingerprint density at radius 2 is 2.13 bits per heavy atom. The summed E-state index contributed by atoms with van der Waals surface area (Å²) in [5, 5.41) is 3.26. The minimum absolute atomic E-state index is 0.240. The molecule has 15 heavy (non-hydrogen) atoms. The van der Waals surface area contributed by atoms with E-state index in [-0.39, 0.29) is 5.41 Å². The molecule has 0 saturated heterocycles. The number of pyridine rings is 1. The molecular weight excluding hydrogens is 206 g/mol. The van der Waals surface area contributed by atoms with Gasteiger partial charge < -0.3 is 11.1 Å². The Morgan fingerprint density at radius 1 is 1.47 bits per heavy atom. The normalized spacial score (nSPS) is 11.1. The lowest BCUT2D eigenvalue weighted by atomic mass is 9.97. The van der Waals surface area contributed by atoms with E-state index >= 15 is 0 Å². The molecular formula is C11H17N3S. The number of aromatic nitrogens is 1. The van der Waals surface area contributed by atoms with Crippen molar-refractivity contribution >= 4 is 23.0 Å². The van der Waals surface area contributed by atoms with Gasteiger partial charge in [-0.1, -0.05) is 33.0 Å². The summed E-state index contributed by atoms with van der Waals surface area (Å²) in [6.45, 7) is 7.39. The standard InChI is InChI=1S/C11H17N3S/c1-11(2,3)7-14-9-5-4-8(6-13-9)10(12)15/h4-6H,7H2,1-3H3,(H2,12,15)(H,13,14). The summed E-state index contributed by atoms with van der Waals surface area (Å²) in [4.78, 5) is 4.60. The van der Waals surface area contributed by atoms with E-state index in [1.807, 2.05) is 12.1 Å². The zero-order chi connectivity index (χ0) is 11.5. The number of hydrogen-bond acceptors (Lipinski definition) is 3. The smallest absolute Gasteiger partial charge is 0.125 e. The molecule has 1 rings (SSSR count). The highest BCUT2D eigenvalue weighted by atomic mass is 32.1. The molecule has 0 unspecified atom stereocenters. The van der Waals surface area contributed by atoms with E-state index in [2.05, 4.69) is 31.1 Å². The fourth-order valence-electron chi connectivity index (χ4n) is 1.000. The number of hydrogen-bond donors (Lipinski definition) is 2. The highest BCUT2D eigenvalue weighted by Crippen LogP contribution is 2.14. The maximum Gasteiger partial charge on any atom is 0.125 e. The predicted molar refractivity (Wildman–Crippen MR) is 68.1 cm³/mol. The molecule has 3 nitrogen and oxygen atoms in total. The predicted octanol–water partition coefficient (Wildman–Crippen LogP) is 2.17. The molecule has 0 fully saturated rings. The fraction of sp³-hybridized carbons (Fsp3) is 0.455. The highest BCUT2D eigenvalue weighted by Gasteiger charge is 2.09. The molecule has 0 aliphatic carbocycles. The number of anilines is 1. The van der Waals surface area contributed by atoms with Gasteiger partial charge in [-0.3, -0.25) is 0 Å². The number of nitrogens with two attached hydrogens (primary N) is 1. The summed E-state index contributed by atoms with van der Waals surface area (Å²) >= 11 is 4.85. The van der Waals surface area contributed by atoms with Crippen LogP contribution in [0, 0.1) is 5.41 Å². The van der Waals surface area contributed by atoms with Gasteiger partial charge >= 0.3 is 0 Å². The molecule has 4 heteroatoms. The molecule has 0 aromatic carbocycles. The second-order valence-corrected chi connectivity index (χ2v) is 5.15. The van der Waals surface area contributed by atoms with Gasteiger partial charge in [0, 0.05) is 18.3 Å². The lowest BCUT2D eigenvalue weighted by Gasteiger charge is -2.19. The molecule has 1 aromatic heterocycles. The molecule has 0 bridgehead atoms. The van der Waals surface area contributed by atoms with Crippen LogP contribution in [0.5, 0.6) is 0 Å². The van der Waals surface area contributed by atoms with E-state index in [1.165, 1.54) is 0 Å². The molecule has 0 spiro atoms. The SMILES string of the molecule is CC(C)(C)CNc1ccc(C(N)=S)cn1. The van der Waals surface area contributed by atoms with Crippen molar-refractivity contribution in [1.29, 1.82) is 0 Å². The zero-order valence-corrected chi connectivity index (χ0v) is 10.2. The summed E-state index contributed by atoms with van der Waals surface area (Å²) in [5.74, 6) is 0.852. The summed E-state index contributed by atoms with van der Waals surface area (Å²) in [7, 11) is 0. The van der Waals surface area contributed by atoms with Crippen LogP contribution in [0.4, 0.5) is 5.82 Å². The second kappa shape index (κ2) is 4.57. The molecule has 82 valence electrons. The zero-order valence-electron chi connectivity index (χ0n) is 9.37. The van der Waals surface area contributed by atoms with Crippen molar-refractivity contribution in [2.75, 3.05) is 11.9 Å². The number of nitrogens with zero attached hydrogens (tertiary/aromatic N) is 1. The Balaban J connectivity index is 2.61. The molecule has 0 amide bonds. The lowest BCUT2D eigenvalue weighted by Crippen LogP contribution is -2.19. The Bertz CT molecular complexity index is 338. The van der Waals surface area contributed by atoms with Crippen molar-refractivity contribution in [1.82, 2.24) is 4.98 Å². The van der Waals surface area contributed by atoms with Gasteiger partial charge in [-0.15, -0.1) is 0 Å². The van der Waals surface area contributed by atoms with Crippen molar-refractivity contribution in [2.24, 2.45) is 11.1 Å². The van der Waals surface area contributed by atoms with Crippen molar-refractivity contribution in [3.8, 4) is 0 Å². The van der Waals surface area contributed by atoms with Crippen LogP contribution in [-0.2, 0) is 0 Å². The maximum absolute atomic E-state index is 5.48. The minimum Gasteiger partial charge on any atom is -0.389 e. The summed E-state index contributed by atoms with van der Waals surface area (Å²) in [6.07, 6.45) is 1.69. The summed E-state index contributed by atoms with van der Waals surface area (Å²) in [6, 6.07) is 3.76. The third-order valence-corrected chi connectivity index (χ3v) is 2.08. The van der Waals surface area contributed by atoms with E-state index in [0.29, 0.717) is 4.99 Å². The van der Waals surface area contributed by atoms with Crippen LogP contribution in [0.15, 0.2) is 18.3 Å². The molecule has 0 radical (unpaired) electrons. The third-order valence-electron chi connectivity index (χ3n) is 1.85. The van der Waals surface area contributed by atoms with Crippen molar-refractivity contribution in [2.45, 2.75) is 20.8 Å². The summed E-state index contributed by atoms with van der Waals surface area (Å²) < 4.78 is 0. The van der Waals surface area contributed by atoms with Gasteiger partial charge in [0.2, 0.25) is 0 Å². The van der Waals surface area contributed by atoms with E-state index in [4.69, 9.17) is 18.0 Å². The van der Waals surface area contributed by atoms with Gasteiger partial charge in [-0.25, -0.2) is 4.98 Å². The molecule has 0 atom stereocenters.